The SMILES string of the molecule is CCC(CC1CCC2=Cc3c(cnn3-c3ccc(F)cc3)CC21C)NC(=O)N(C)C. The van der Waals surface area contributed by atoms with Crippen molar-refractivity contribution in [3.8, 4) is 5.69 Å². The highest BCUT2D eigenvalue weighted by atomic mass is 19.1. The Bertz CT molecular complexity index is 962. The molecule has 4 rings (SSSR count). The van der Waals surface area contributed by atoms with Gasteiger partial charge in [0.1, 0.15) is 5.82 Å². The van der Waals surface area contributed by atoms with Crippen LogP contribution in [0.2, 0.25) is 0 Å². The minimum absolute atomic E-state index is 0.0210. The van der Waals surface area contributed by atoms with Gasteiger partial charge < -0.3 is 10.2 Å². The highest BCUT2D eigenvalue weighted by Gasteiger charge is 2.46. The number of allylic oxidation sites excluding steroid dienone is 1. The maximum atomic E-state index is 13.3. The lowest BCUT2D eigenvalue weighted by Gasteiger charge is -2.37. The van der Waals surface area contributed by atoms with Crippen LogP contribution < -0.4 is 5.32 Å². The van der Waals surface area contributed by atoms with Crippen LogP contribution in [0.25, 0.3) is 11.8 Å². The topological polar surface area (TPSA) is 50.2 Å². The van der Waals surface area contributed by atoms with E-state index < -0.39 is 0 Å². The van der Waals surface area contributed by atoms with Gasteiger partial charge in [0.25, 0.3) is 0 Å². The first-order valence-corrected chi connectivity index (χ1v) is 10.8. The van der Waals surface area contributed by atoms with Crippen molar-refractivity contribution in [2.24, 2.45) is 11.3 Å². The van der Waals surface area contributed by atoms with E-state index in [1.54, 1.807) is 31.1 Å². The molecular weight excluding hydrogens is 379 g/mol. The Balaban J connectivity index is 1.56. The van der Waals surface area contributed by atoms with Crippen LogP contribution in [0, 0.1) is 17.2 Å². The van der Waals surface area contributed by atoms with E-state index in [9.17, 15) is 9.18 Å². The zero-order valence-electron chi connectivity index (χ0n) is 18.3. The molecule has 0 saturated heterocycles. The van der Waals surface area contributed by atoms with Crippen molar-refractivity contribution in [2.45, 2.75) is 52.0 Å². The number of carbonyl (C=O) groups excluding carboxylic acids is 1. The van der Waals surface area contributed by atoms with E-state index in [1.165, 1.54) is 23.3 Å². The first-order valence-electron chi connectivity index (χ1n) is 10.8. The highest BCUT2D eigenvalue weighted by molar-refractivity contribution is 5.73. The van der Waals surface area contributed by atoms with Gasteiger partial charge in [-0.25, -0.2) is 13.9 Å². The standard InChI is InChI=1S/C24H31FN4O/c1-5-20(27-23(30)28(3)4)12-17-6-7-18-13-22-16(14-24(17,18)2)15-26-29(22)21-10-8-19(25)9-11-21/h8-11,13,15,17,20H,5-7,12,14H2,1-4H3,(H,27,30). The lowest BCUT2D eigenvalue weighted by atomic mass is 9.68. The molecule has 3 unspecified atom stereocenters. The number of nitrogens with zero attached hydrogens (tertiary/aromatic N) is 3. The molecule has 3 atom stereocenters. The number of amides is 2. The predicted octanol–water partition coefficient (Wildman–Crippen LogP) is 4.81. The van der Waals surface area contributed by atoms with Crippen molar-refractivity contribution >= 4 is 12.1 Å². The van der Waals surface area contributed by atoms with Crippen molar-refractivity contribution in [1.29, 1.82) is 0 Å². The van der Waals surface area contributed by atoms with Gasteiger partial charge in [-0.2, -0.15) is 5.10 Å². The van der Waals surface area contributed by atoms with Gasteiger partial charge in [-0.1, -0.05) is 19.4 Å². The van der Waals surface area contributed by atoms with Gasteiger partial charge in [-0.3, -0.25) is 0 Å². The van der Waals surface area contributed by atoms with Crippen molar-refractivity contribution in [1.82, 2.24) is 20.0 Å². The van der Waals surface area contributed by atoms with Gasteiger partial charge in [0.15, 0.2) is 0 Å². The second-order valence-electron chi connectivity index (χ2n) is 9.13. The van der Waals surface area contributed by atoms with Gasteiger partial charge in [-0.05, 0) is 79.3 Å². The molecule has 2 aliphatic rings. The van der Waals surface area contributed by atoms with Crippen LogP contribution in [0.15, 0.2) is 36.0 Å². The number of urea groups is 1. The van der Waals surface area contributed by atoms with Crippen LogP contribution in [-0.2, 0) is 6.42 Å². The lowest BCUT2D eigenvalue weighted by Crippen LogP contribution is -2.43. The summed E-state index contributed by atoms with van der Waals surface area (Å²) in [4.78, 5) is 13.7. The van der Waals surface area contributed by atoms with E-state index in [0.717, 1.165) is 43.5 Å². The third-order valence-corrected chi connectivity index (χ3v) is 7.02. The fourth-order valence-corrected chi connectivity index (χ4v) is 5.07. The Hall–Kier alpha value is -2.63. The van der Waals surface area contributed by atoms with E-state index in [0.29, 0.717) is 5.92 Å². The summed E-state index contributed by atoms with van der Waals surface area (Å²) in [5.74, 6) is 0.287. The summed E-state index contributed by atoms with van der Waals surface area (Å²) in [5, 5.41) is 7.78. The summed E-state index contributed by atoms with van der Waals surface area (Å²) in [6, 6.07) is 6.65. The molecule has 2 amide bonds. The molecule has 6 heteroatoms. The first kappa shape index (κ1) is 20.6. The van der Waals surface area contributed by atoms with E-state index in [1.807, 2.05) is 10.9 Å². The third kappa shape index (κ3) is 3.64. The molecule has 5 nitrogen and oxygen atoms in total. The second-order valence-corrected chi connectivity index (χ2v) is 9.13. The van der Waals surface area contributed by atoms with E-state index >= 15 is 0 Å². The molecule has 1 aromatic carbocycles. The van der Waals surface area contributed by atoms with Gasteiger partial charge in [0, 0.05) is 20.1 Å². The summed E-state index contributed by atoms with van der Waals surface area (Å²) in [5.41, 5.74) is 4.80. The van der Waals surface area contributed by atoms with Crippen molar-refractivity contribution in [2.75, 3.05) is 14.1 Å². The van der Waals surface area contributed by atoms with Crippen LogP contribution in [0.1, 0.15) is 50.8 Å². The summed E-state index contributed by atoms with van der Waals surface area (Å²) in [6.07, 6.45) is 9.35. The fraction of sp³-hybridized carbons (Fsp3) is 0.500. The molecule has 1 heterocycles. The van der Waals surface area contributed by atoms with Crippen molar-refractivity contribution in [3.63, 3.8) is 0 Å². The van der Waals surface area contributed by atoms with Gasteiger partial charge in [-0.15, -0.1) is 0 Å². The highest BCUT2D eigenvalue weighted by Crippen LogP contribution is 2.54. The monoisotopic (exact) mass is 410 g/mol. The Morgan fingerprint density at radius 1 is 1.37 bits per heavy atom. The van der Waals surface area contributed by atoms with Crippen LogP contribution >= 0.6 is 0 Å². The van der Waals surface area contributed by atoms with Crippen molar-refractivity contribution < 1.29 is 9.18 Å². The number of rotatable bonds is 5. The summed E-state index contributed by atoms with van der Waals surface area (Å²) >= 11 is 0. The molecule has 0 radical (unpaired) electrons. The maximum Gasteiger partial charge on any atom is 0.317 e. The zero-order chi connectivity index (χ0) is 21.5. The molecule has 0 bridgehead atoms. The smallest absolute Gasteiger partial charge is 0.317 e. The average Bonchev–Trinajstić information content (AvgIpc) is 3.26. The molecule has 1 aromatic heterocycles. The number of benzene rings is 1. The Kier molecular flexibility index (Phi) is 5.43. The molecule has 1 N–H and O–H groups in total. The fourth-order valence-electron chi connectivity index (χ4n) is 5.07. The normalized spacial score (nSPS) is 23.4. The molecule has 0 aliphatic heterocycles. The number of nitrogens with one attached hydrogen (secondary N) is 1. The van der Waals surface area contributed by atoms with Crippen LogP contribution in [0.3, 0.4) is 0 Å². The number of hydrogen-bond acceptors (Lipinski definition) is 2. The minimum atomic E-state index is -0.240. The number of hydrogen-bond donors (Lipinski definition) is 1. The average molecular weight is 411 g/mol. The molecule has 2 aromatic rings. The van der Waals surface area contributed by atoms with E-state index in [4.69, 9.17) is 0 Å². The Morgan fingerprint density at radius 3 is 2.77 bits per heavy atom. The summed E-state index contributed by atoms with van der Waals surface area (Å²) in [6.45, 7) is 4.51. The summed E-state index contributed by atoms with van der Waals surface area (Å²) < 4.78 is 15.2. The number of fused-ring (bicyclic) bond motifs is 2. The quantitative estimate of drug-likeness (QED) is 0.769. The van der Waals surface area contributed by atoms with Gasteiger partial charge in [0.05, 0.1) is 17.6 Å². The Labute approximate surface area is 178 Å². The minimum Gasteiger partial charge on any atom is -0.335 e. The van der Waals surface area contributed by atoms with E-state index in [2.05, 4.69) is 30.3 Å². The number of halogens is 1. The molecule has 2 aliphatic carbocycles. The molecular formula is C24H31FN4O. The summed E-state index contributed by atoms with van der Waals surface area (Å²) in [7, 11) is 3.56. The molecule has 1 saturated carbocycles. The van der Waals surface area contributed by atoms with Crippen LogP contribution in [0.5, 0.6) is 0 Å². The van der Waals surface area contributed by atoms with Gasteiger partial charge >= 0.3 is 6.03 Å². The van der Waals surface area contributed by atoms with Crippen LogP contribution in [-0.4, -0.2) is 40.8 Å². The molecule has 30 heavy (non-hydrogen) atoms. The first-order chi connectivity index (χ1) is 14.3. The molecule has 1 fully saturated rings. The van der Waals surface area contributed by atoms with Crippen LogP contribution in [0.4, 0.5) is 9.18 Å². The second kappa shape index (κ2) is 7.89. The van der Waals surface area contributed by atoms with Crippen molar-refractivity contribution in [3.05, 3.63) is 53.1 Å². The third-order valence-electron chi connectivity index (χ3n) is 7.02. The molecule has 160 valence electrons. The zero-order valence-corrected chi connectivity index (χ0v) is 18.3. The van der Waals surface area contributed by atoms with Gasteiger partial charge in [0.2, 0.25) is 0 Å². The lowest BCUT2D eigenvalue weighted by molar-refractivity contribution is 0.198. The largest absolute Gasteiger partial charge is 0.335 e. The van der Waals surface area contributed by atoms with E-state index in [-0.39, 0.29) is 23.3 Å². The maximum absolute atomic E-state index is 13.3. The number of carbonyl (C=O) groups is 1. The molecule has 0 spiro atoms. The number of aromatic nitrogens is 2. The Morgan fingerprint density at radius 2 is 2.10 bits per heavy atom. The predicted molar refractivity (Wildman–Crippen MR) is 117 cm³/mol.